The monoisotopic (exact) mass is 358 g/mol. The van der Waals surface area contributed by atoms with Crippen LogP contribution in [-0.4, -0.2) is 16.4 Å². The first-order valence-electron chi connectivity index (χ1n) is 7.12. The molecular weight excluding hydrogens is 340 g/mol. The van der Waals surface area contributed by atoms with Gasteiger partial charge in [0, 0.05) is 21.5 Å². The molecule has 1 aliphatic rings. The van der Waals surface area contributed by atoms with Crippen LogP contribution in [0.15, 0.2) is 16.7 Å². The molecule has 20 heavy (non-hydrogen) atoms. The summed E-state index contributed by atoms with van der Waals surface area (Å²) in [5, 5.41) is 6.31. The molecule has 1 atom stereocenters. The van der Waals surface area contributed by atoms with Crippen LogP contribution >= 0.6 is 27.5 Å². The van der Waals surface area contributed by atoms with Gasteiger partial charge in [-0.2, -0.15) is 5.10 Å². The van der Waals surface area contributed by atoms with Gasteiger partial charge in [-0.3, -0.25) is 0 Å². The predicted octanol–water partition coefficient (Wildman–Crippen LogP) is 5.49. The number of fused-ring (bicyclic) bond motifs is 1. The van der Waals surface area contributed by atoms with E-state index in [1.807, 2.05) is 37.7 Å². The van der Waals surface area contributed by atoms with E-state index >= 15 is 0 Å². The SMILES string of the molecule is CC.Cc1c(Cl)cc2c(cnn2C2CCCCO2)c1Br. The molecular formula is C15H20BrClN2O. The summed E-state index contributed by atoms with van der Waals surface area (Å²) in [5.74, 6) is 0. The summed E-state index contributed by atoms with van der Waals surface area (Å²) >= 11 is 9.84. The molecule has 5 heteroatoms. The highest BCUT2D eigenvalue weighted by atomic mass is 79.9. The maximum Gasteiger partial charge on any atom is 0.150 e. The van der Waals surface area contributed by atoms with Crippen molar-refractivity contribution in [1.29, 1.82) is 0 Å². The summed E-state index contributed by atoms with van der Waals surface area (Å²) in [7, 11) is 0. The molecule has 3 nitrogen and oxygen atoms in total. The number of halogens is 2. The normalized spacial score (nSPS) is 18.8. The molecule has 1 aromatic heterocycles. The fraction of sp³-hybridized carbons (Fsp3) is 0.533. The minimum atomic E-state index is 0.0434. The van der Waals surface area contributed by atoms with Gasteiger partial charge in [0.05, 0.1) is 11.7 Å². The summed E-state index contributed by atoms with van der Waals surface area (Å²) in [6.45, 7) is 6.81. The number of rotatable bonds is 1. The van der Waals surface area contributed by atoms with Gasteiger partial charge in [-0.05, 0) is 53.7 Å². The van der Waals surface area contributed by atoms with Crippen molar-refractivity contribution < 1.29 is 4.74 Å². The van der Waals surface area contributed by atoms with Crippen LogP contribution in [0.25, 0.3) is 10.9 Å². The molecule has 2 heterocycles. The van der Waals surface area contributed by atoms with Crippen LogP contribution in [0.4, 0.5) is 0 Å². The van der Waals surface area contributed by atoms with Crippen molar-refractivity contribution in [2.24, 2.45) is 0 Å². The molecule has 0 bridgehead atoms. The summed E-state index contributed by atoms with van der Waals surface area (Å²) in [4.78, 5) is 0. The third-order valence-corrected chi connectivity index (χ3v) is 4.86. The van der Waals surface area contributed by atoms with Crippen LogP contribution in [0, 0.1) is 6.92 Å². The predicted molar refractivity (Wildman–Crippen MR) is 87.4 cm³/mol. The molecule has 1 saturated heterocycles. The molecule has 110 valence electrons. The second-order valence-corrected chi connectivity index (χ2v) is 5.84. The van der Waals surface area contributed by atoms with Gasteiger partial charge in [0.25, 0.3) is 0 Å². The van der Waals surface area contributed by atoms with E-state index in [9.17, 15) is 0 Å². The summed E-state index contributed by atoms with van der Waals surface area (Å²) in [5.41, 5.74) is 2.08. The van der Waals surface area contributed by atoms with Gasteiger partial charge in [-0.1, -0.05) is 25.4 Å². The van der Waals surface area contributed by atoms with Crippen molar-refractivity contribution in [1.82, 2.24) is 9.78 Å². The standard InChI is InChI=1S/C13H14BrClN2O.C2H6/c1-8-10(15)6-11-9(13(8)14)7-16-17(11)12-4-2-3-5-18-12;1-2/h6-7,12H,2-5H2,1H3;1-2H3. The van der Waals surface area contributed by atoms with Crippen molar-refractivity contribution in [3.05, 3.63) is 27.3 Å². The Morgan fingerprint density at radius 2 is 2.15 bits per heavy atom. The lowest BCUT2D eigenvalue weighted by Gasteiger charge is -2.23. The van der Waals surface area contributed by atoms with E-state index < -0.39 is 0 Å². The van der Waals surface area contributed by atoms with E-state index in [4.69, 9.17) is 16.3 Å². The van der Waals surface area contributed by atoms with Crippen LogP contribution in [-0.2, 0) is 4.74 Å². The van der Waals surface area contributed by atoms with Crippen LogP contribution < -0.4 is 0 Å². The molecule has 3 rings (SSSR count). The molecule has 0 spiro atoms. The fourth-order valence-corrected chi connectivity index (χ4v) is 3.20. The first kappa shape index (κ1) is 15.8. The lowest BCUT2D eigenvalue weighted by atomic mass is 10.1. The zero-order valence-corrected chi connectivity index (χ0v) is 14.5. The number of hydrogen-bond donors (Lipinski definition) is 0. The largest absolute Gasteiger partial charge is 0.356 e. The van der Waals surface area contributed by atoms with Gasteiger partial charge in [-0.15, -0.1) is 0 Å². The van der Waals surface area contributed by atoms with Crippen molar-refractivity contribution in [2.45, 2.75) is 46.3 Å². The fourth-order valence-electron chi connectivity index (χ4n) is 2.37. The Morgan fingerprint density at radius 1 is 1.40 bits per heavy atom. The first-order valence-corrected chi connectivity index (χ1v) is 8.29. The first-order chi connectivity index (χ1) is 9.68. The number of aromatic nitrogens is 2. The maximum absolute atomic E-state index is 6.25. The van der Waals surface area contributed by atoms with E-state index in [0.717, 1.165) is 45.4 Å². The minimum absolute atomic E-state index is 0.0434. The second kappa shape index (κ2) is 6.92. The van der Waals surface area contributed by atoms with Gasteiger partial charge in [-0.25, -0.2) is 4.68 Å². The third kappa shape index (κ3) is 2.87. The molecule has 1 unspecified atom stereocenters. The smallest absolute Gasteiger partial charge is 0.150 e. The van der Waals surface area contributed by atoms with Gasteiger partial charge in [0.15, 0.2) is 6.23 Å². The Hall–Kier alpha value is -0.580. The van der Waals surface area contributed by atoms with Crippen LogP contribution in [0.3, 0.4) is 0 Å². The van der Waals surface area contributed by atoms with Gasteiger partial charge in [0.1, 0.15) is 0 Å². The highest BCUT2D eigenvalue weighted by molar-refractivity contribution is 9.10. The number of benzene rings is 1. The number of ether oxygens (including phenoxy) is 1. The van der Waals surface area contributed by atoms with E-state index in [0.29, 0.717) is 0 Å². The minimum Gasteiger partial charge on any atom is -0.356 e. The molecule has 0 radical (unpaired) electrons. The summed E-state index contributed by atoms with van der Waals surface area (Å²) < 4.78 is 8.75. The zero-order chi connectivity index (χ0) is 14.7. The third-order valence-electron chi connectivity index (χ3n) is 3.45. The molecule has 0 aliphatic carbocycles. The van der Waals surface area contributed by atoms with Crippen LogP contribution in [0.1, 0.15) is 44.9 Å². The Kier molecular flexibility index (Phi) is 5.47. The lowest BCUT2D eigenvalue weighted by molar-refractivity contribution is -0.0366. The van der Waals surface area contributed by atoms with Crippen molar-refractivity contribution in [2.75, 3.05) is 6.61 Å². The van der Waals surface area contributed by atoms with Crippen molar-refractivity contribution in [3.63, 3.8) is 0 Å². The molecule has 2 aromatic rings. The van der Waals surface area contributed by atoms with E-state index in [1.54, 1.807) is 0 Å². The quantitative estimate of drug-likeness (QED) is 0.673. The molecule has 0 saturated carbocycles. The Labute approximate surface area is 133 Å². The average molecular weight is 360 g/mol. The van der Waals surface area contributed by atoms with E-state index in [2.05, 4.69) is 21.0 Å². The molecule has 1 aromatic carbocycles. The van der Waals surface area contributed by atoms with Crippen molar-refractivity contribution >= 4 is 38.4 Å². The second-order valence-electron chi connectivity index (χ2n) is 4.64. The maximum atomic E-state index is 6.25. The van der Waals surface area contributed by atoms with Gasteiger partial charge < -0.3 is 4.74 Å². The average Bonchev–Trinajstić information content (AvgIpc) is 2.91. The summed E-state index contributed by atoms with van der Waals surface area (Å²) in [6.07, 6.45) is 5.26. The molecule has 1 fully saturated rings. The summed E-state index contributed by atoms with van der Waals surface area (Å²) in [6, 6.07) is 1.97. The highest BCUT2D eigenvalue weighted by Gasteiger charge is 2.20. The topological polar surface area (TPSA) is 27.1 Å². The highest BCUT2D eigenvalue weighted by Crippen LogP contribution is 2.35. The Bertz CT molecular complexity index is 591. The van der Waals surface area contributed by atoms with E-state index in [1.165, 1.54) is 6.42 Å². The number of hydrogen-bond acceptors (Lipinski definition) is 2. The van der Waals surface area contributed by atoms with Gasteiger partial charge >= 0.3 is 0 Å². The van der Waals surface area contributed by atoms with E-state index in [-0.39, 0.29) is 6.23 Å². The van der Waals surface area contributed by atoms with Crippen LogP contribution in [0.5, 0.6) is 0 Å². The molecule has 0 amide bonds. The Balaban J connectivity index is 0.000000704. The zero-order valence-electron chi connectivity index (χ0n) is 12.1. The molecule has 0 N–H and O–H groups in total. The number of nitrogens with zero attached hydrogens (tertiary/aromatic N) is 2. The molecule has 1 aliphatic heterocycles. The van der Waals surface area contributed by atoms with Crippen LogP contribution in [0.2, 0.25) is 5.02 Å². The van der Waals surface area contributed by atoms with Gasteiger partial charge in [0.2, 0.25) is 0 Å². The van der Waals surface area contributed by atoms with Crippen molar-refractivity contribution in [3.8, 4) is 0 Å². The Morgan fingerprint density at radius 3 is 2.80 bits per heavy atom. The lowest BCUT2D eigenvalue weighted by Crippen LogP contribution is -2.18.